The number of fused-ring (bicyclic) bond motifs is 2. The molecule has 3 fully saturated rings. The van der Waals surface area contributed by atoms with E-state index in [0.29, 0.717) is 61.9 Å². The minimum atomic E-state index is -0.612. The van der Waals surface area contributed by atoms with Crippen LogP contribution >= 0.6 is 0 Å². The lowest BCUT2D eigenvalue weighted by Gasteiger charge is -2.38. The van der Waals surface area contributed by atoms with Crippen molar-refractivity contribution in [2.75, 3.05) is 72.4 Å². The Morgan fingerprint density at radius 3 is 2.32 bits per heavy atom. The van der Waals surface area contributed by atoms with Gasteiger partial charge in [-0.25, -0.2) is 19.7 Å². The first-order chi connectivity index (χ1) is 29.9. The second-order valence-corrected chi connectivity index (χ2v) is 18.6. The molecule has 4 aromatic rings. The zero-order chi connectivity index (χ0) is 43.0. The Balaban J connectivity index is 0.747. The third-order valence-corrected chi connectivity index (χ3v) is 13.2. The van der Waals surface area contributed by atoms with Crippen LogP contribution < -0.4 is 30.1 Å². The van der Waals surface area contributed by atoms with E-state index in [-0.39, 0.29) is 17.7 Å². The highest BCUT2D eigenvalue weighted by Crippen LogP contribution is 2.40. The van der Waals surface area contributed by atoms with Gasteiger partial charge in [-0.1, -0.05) is 24.3 Å². The molecule has 9 rings (SSSR count). The molecule has 3 saturated heterocycles. The topological polar surface area (TPSA) is 145 Å². The lowest BCUT2D eigenvalue weighted by atomic mass is 9.85. The van der Waals surface area contributed by atoms with Gasteiger partial charge in [0.25, 0.3) is 0 Å². The van der Waals surface area contributed by atoms with Crippen molar-refractivity contribution in [1.82, 2.24) is 25.2 Å². The third kappa shape index (κ3) is 9.20. The van der Waals surface area contributed by atoms with Crippen LogP contribution in [0.1, 0.15) is 99.1 Å². The Morgan fingerprint density at radius 2 is 1.60 bits per heavy atom. The number of benzene rings is 2. The standard InChI is InChI=1S/C48H59N9O5/c1-31-41(28-49-45-43(31)57(25-26-61-45)47(60)62-48(2,3)4)56-24-19-36-27-50-46(52-40(36)30-56)51-37-9-11-38(12-10-37)55-22-15-32(16-23-55)29-54-20-17-34(18-21-54)33-5-7-35(8-6-33)39-13-14-42(58)53-44(39)59/h5-12,27-28,32,34,39H,13-26,29-30H2,1-4H3,(H,50,51,52)(H,53,58,59). The maximum atomic E-state index is 13.2. The number of carbonyl (C=O) groups is 3. The zero-order valence-corrected chi connectivity index (χ0v) is 36.5. The van der Waals surface area contributed by atoms with Crippen LogP contribution in [0.25, 0.3) is 0 Å². The van der Waals surface area contributed by atoms with Crippen LogP contribution in [0, 0.1) is 12.8 Å². The predicted octanol–water partition coefficient (Wildman–Crippen LogP) is 7.24. The summed E-state index contributed by atoms with van der Waals surface area (Å²) in [6.45, 7) is 15.3. The van der Waals surface area contributed by atoms with Gasteiger partial charge in [0.1, 0.15) is 17.9 Å². The number of aromatic nitrogens is 3. The largest absolute Gasteiger partial charge is 0.474 e. The number of amides is 3. The van der Waals surface area contributed by atoms with Gasteiger partial charge in [-0.2, -0.15) is 0 Å². The number of anilines is 5. The maximum absolute atomic E-state index is 13.2. The smallest absolute Gasteiger partial charge is 0.415 e. The van der Waals surface area contributed by atoms with Crippen LogP contribution in [0.4, 0.5) is 33.5 Å². The van der Waals surface area contributed by atoms with Crippen LogP contribution in [0.3, 0.4) is 0 Å². The fraction of sp³-hybridized carbons (Fsp3) is 0.500. The molecule has 0 spiro atoms. The first-order valence-corrected chi connectivity index (χ1v) is 22.4. The second kappa shape index (κ2) is 17.5. The number of hydrogen-bond donors (Lipinski definition) is 2. The number of ether oxygens (including phenoxy) is 2. The van der Waals surface area contributed by atoms with E-state index in [1.54, 1.807) is 4.90 Å². The van der Waals surface area contributed by atoms with Crippen molar-refractivity contribution in [3.8, 4) is 5.88 Å². The molecule has 0 aliphatic carbocycles. The molecule has 7 heterocycles. The van der Waals surface area contributed by atoms with E-state index in [4.69, 9.17) is 14.5 Å². The molecule has 1 atom stereocenters. The molecule has 0 radical (unpaired) electrons. The number of imide groups is 1. The molecule has 5 aliphatic heterocycles. The highest BCUT2D eigenvalue weighted by molar-refractivity contribution is 6.01. The van der Waals surface area contributed by atoms with E-state index in [1.165, 1.54) is 30.6 Å². The average molecular weight is 842 g/mol. The van der Waals surface area contributed by atoms with Gasteiger partial charge in [0.15, 0.2) is 0 Å². The number of rotatable bonds is 8. The van der Waals surface area contributed by atoms with Gasteiger partial charge >= 0.3 is 6.09 Å². The number of likely N-dealkylation sites (tertiary alicyclic amines) is 1. The summed E-state index contributed by atoms with van der Waals surface area (Å²) in [6.07, 6.45) is 9.88. The summed E-state index contributed by atoms with van der Waals surface area (Å²) in [5.41, 5.74) is 8.57. The summed E-state index contributed by atoms with van der Waals surface area (Å²) in [6, 6.07) is 17.2. The maximum Gasteiger partial charge on any atom is 0.415 e. The van der Waals surface area contributed by atoms with E-state index in [1.807, 2.05) is 40.1 Å². The Bertz CT molecular complexity index is 2280. The van der Waals surface area contributed by atoms with E-state index >= 15 is 0 Å². The molecule has 14 nitrogen and oxygen atoms in total. The normalized spacial score (nSPS) is 20.3. The van der Waals surface area contributed by atoms with Crippen molar-refractivity contribution in [2.45, 2.75) is 96.6 Å². The van der Waals surface area contributed by atoms with Gasteiger partial charge in [0.2, 0.25) is 23.6 Å². The molecule has 326 valence electrons. The highest BCUT2D eigenvalue weighted by Gasteiger charge is 2.34. The number of nitrogens with one attached hydrogen (secondary N) is 2. The fourth-order valence-electron chi connectivity index (χ4n) is 9.80. The van der Waals surface area contributed by atoms with E-state index in [2.05, 4.69) is 83.8 Å². The first kappa shape index (κ1) is 41.6. The molecule has 0 bridgehead atoms. The fourth-order valence-corrected chi connectivity index (χ4v) is 9.80. The molecule has 2 N–H and O–H groups in total. The predicted molar refractivity (Wildman–Crippen MR) is 239 cm³/mol. The van der Waals surface area contributed by atoms with Gasteiger partial charge in [-0.3, -0.25) is 19.8 Å². The average Bonchev–Trinajstić information content (AvgIpc) is 3.26. The molecule has 2 aromatic carbocycles. The molecule has 0 saturated carbocycles. The van der Waals surface area contributed by atoms with Gasteiger partial charge in [-0.05, 0) is 132 Å². The van der Waals surface area contributed by atoms with Crippen LogP contribution in [0.15, 0.2) is 60.9 Å². The summed E-state index contributed by atoms with van der Waals surface area (Å²) in [5.74, 6) is 1.71. The second-order valence-electron chi connectivity index (χ2n) is 18.6. The number of pyridine rings is 1. The summed E-state index contributed by atoms with van der Waals surface area (Å²) >= 11 is 0. The number of nitrogens with zero attached hydrogens (tertiary/aromatic N) is 7. The van der Waals surface area contributed by atoms with Crippen molar-refractivity contribution >= 4 is 46.6 Å². The highest BCUT2D eigenvalue weighted by atomic mass is 16.6. The van der Waals surface area contributed by atoms with Crippen molar-refractivity contribution in [1.29, 1.82) is 0 Å². The Kier molecular flexibility index (Phi) is 11.8. The van der Waals surface area contributed by atoms with Crippen molar-refractivity contribution in [2.24, 2.45) is 5.92 Å². The molecule has 62 heavy (non-hydrogen) atoms. The molecule has 2 aromatic heterocycles. The number of carbonyl (C=O) groups excluding carboxylic acids is 3. The lowest BCUT2D eigenvalue weighted by molar-refractivity contribution is -0.134. The molecule has 5 aliphatic rings. The summed E-state index contributed by atoms with van der Waals surface area (Å²) < 4.78 is 11.6. The zero-order valence-electron chi connectivity index (χ0n) is 36.5. The van der Waals surface area contributed by atoms with Gasteiger partial charge in [-0.15, -0.1) is 0 Å². The van der Waals surface area contributed by atoms with Crippen LogP contribution in [0.2, 0.25) is 0 Å². The summed E-state index contributed by atoms with van der Waals surface area (Å²) in [5, 5.41) is 5.92. The first-order valence-electron chi connectivity index (χ1n) is 22.4. The minimum absolute atomic E-state index is 0.169. The summed E-state index contributed by atoms with van der Waals surface area (Å²) in [4.78, 5) is 60.4. The van der Waals surface area contributed by atoms with Crippen molar-refractivity contribution < 1.29 is 23.9 Å². The monoisotopic (exact) mass is 841 g/mol. The van der Waals surface area contributed by atoms with Crippen LogP contribution in [-0.2, 0) is 27.3 Å². The number of piperidine rings is 3. The Hall–Kier alpha value is -5.76. The van der Waals surface area contributed by atoms with Crippen molar-refractivity contribution in [3.63, 3.8) is 0 Å². The molecular formula is C48H59N9O5. The van der Waals surface area contributed by atoms with Crippen LogP contribution in [0.5, 0.6) is 5.88 Å². The van der Waals surface area contributed by atoms with Gasteiger partial charge in [0.05, 0.1) is 36.6 Å². The van der Waals surface area contributed by atoms with E-state index in [0.717, 1.165) is 85.7 Å². The van der Waals surface area contributed by atoms with Crippen LogP contribution in [-0.4, -0.2) is 95.8 Å². The Morgan fingerprint density at radius 1 is 0.855 bits per heavy atom. The third-order valence-electron chi connectivity index (χ3n) is 13.2. The quantitative estimate of drug-likeness (QED) is 0.173. The van der Waals surface area contributed by atoms with E-state index < -0.39 is 11.7 Å². The van der Waals surface area contributed by atoms with Crippen molar-refractivity contribution in [3.05, 3.63) is 88.9 Å². The summed E-state index contributed by atoms with van der Waals surface area (Å²) in [7, 11) is 0. The van der Waals surface area contributed by atoms with Gasteiger partial charge < -0.3 is 29.5 Å². The molecule has 1 unspecified atom stereocenters. The SMILES string of the molecule is Cc1c(N2CCc3cnc(Nc4ccc(N5CCC(CN6CCC(c7ccc(C8CCC(=O)NC8=O)cc7)CC6)CC5)cc4)nc3C2)cnc2c1N(C(=O)OC(C)(C)C)CCO2. The Labute approximate surface area is 364 Å². The minimum Gasteiger partial charge on any atom is -0.474 e. The lowest BCUT2D eigenvalue weighted by Crippen LogP contribution is -2.42. The molecular weight excluding hydrogens is 783 g/mol. The van der Waals surface area contributed by atoms with Gasteiger partial charge in [0, 0.05) is 55.7 Å². The van der Waals surface area contributed by atoms with E-state index in [9.17, 15) is 14.4 Å². The molecule has 14 heteroatoms. The number of hydrogen-bond acceptors (Lipinski definition) is 12. The molecule has 3 amide bonds.